The lowest BCUT2D eigenvalue weighted by atomic mass is 10.2. The highest BCUT2D eigenvalue weighted by molar-refractivity contribution is 7.11. The van der Waals surface area contributed by atoms with Gasteiger partial charge >= 0.3 is 0 Å². The summed E-state index contributed by atoms with van der Waals surface area (Å²) in [5.74, 6) is 7.30. The minimum absolute atomic E-state index is 0.0143. The van der Waals surface area contributed by atoms with Crippen molar-refractivity contribution in [3.63, 3.8) is 0 Å². The molecule has 36 nitrogen and oxygen atoms in total. The van der Waals surface area contributed by atoms with Crippen LogP contribution in [-0.4, -0.2) is 159 Å². The maximum Gasteiger partial charge on any atom is 0.266 e. The van der Waals surface area contributed by atoms with E-state index in [-0.39, 0.29) is 88.7 Å². The molecular weight excluding hydrogens is 1970 g/mol. The number of ether oxygens (including phenoxy) is 12. The summed E-state index contributed by atoms with van der Waals surface area (Å²) < 4.78 is 70.0. The zero-order valence-corrected chi connectivity index (χ0v) is 83.8. The highest BCUT2D eigenvalue weighted by atomic mass is 32.1. The SMILES string of the molecule is COc1ccc(OCC(=O)N(Cc2cccs2)c2cn[nH]c2)cc1.COc1cccc(OCC(=O)N(Cc2cccs2)c2cn[nH]c2)c1.Cc1[nH]ncc1N(Cc1cccs1)C(=O)COc1ccc2c(c1)OCO2.Cc1ccc(OCC(=O)N(Cc2cccs2)c2ccon2)cc1.Cc1ccc(OCC(=O)N(Cc2cccs2)c2cn[nH]c2)cc1.O=C(COc1ccc2c(c1)OCO2)N(Cc1cccs1)c1cn[nH]c1. The van der Waals surface area contributed by atoms with E-state index in [2.05, 4.69) is 56.1 Å². The number of nitrogens with one attached hydrogen (secondary N) is 5. The van der Waals surface area contributed by atoms with Crippen LogP contribution in [0.1, 0.15) is 46.1 Å². The lowest BCUT2D eigenvalue weighted by molar-refractivity contribution is -0.121. The Labute approximate surface area is 856 Å². The Morgan fingerprint density at radius 1 is 0.310 bits per heavy atom. The van der Waals surface area contributed by atoms with Crippen LogP contribution in [0.15, 0.2) is 311 Å². The van der Waals surface area contributed by atoms with Crippen molar-refractivity contribution in [3.05, 3.63) is 353 Å². The number of aryl methyl sites for hydroxylation is 3. The van der Waals surface area contributed by atoms with Crippen molar-refractivity contribution in [2.24, 2.45) is 0 Å². The van der Waals surface area contributed by atoms with Crippen LogP contribution in [0.5, 0.6) is 69.0 Å². The second-order valence-corrected chi connectivity index (χ2v) is 37.4. The number of benzene rings is 6. The van der Waals surface area contributed by atoms with Gasteiger partial charge in [-0.3, -0.25) is 59.2 Å². The number of carbonyl (C=O) groups excluding carboxylic acids is 6. The molecule has 0 fully saturated rings. The number of methoxy groups -OCH3 is 2. The number of H-pyrrole nitrogens is 5. The third-order valence-corrected chi connectivity index (χ3v) is 26.3. The molecule has 0 spiro atoms. The Kier molecular flexibility index (Phi) is 37.6. The van der Waals surface area contributed by atoms with Gasteiger partial charge in [-0.2, -0.15) is 25.5 Å². The van der Waals surface area contributed by atoms with Gasteiger partial charge in [0.2, 0.25) is 13.6 Å². The quantitative estimate of drug-likeness (QED) is 0.0240. The largest absolute Gasteiger partial charge is 0.497 e. The lowest BCUT2D eigenvalue weighted by Gasteiger charge is -2.21. The standard InChI is InChI=1S/C18H17N3O4S.C17H15N3O4S.2C17H17N3O3S.C17H17N3O2S.C17H16N2O3S/c1-12-15(8-19-20-12)21(9-14-3-2-6-26-14)18(22)10-23-13-4-5-16-17(7-13)25-11-24-16;21-17(10-22-13-3-4-15-16(6-13)24-11-23-15)20(12-7-18-19-8-12)9-14-2-1-5-25-14;1-22-14-4-2-5-15(8-14)23-12-17(21)20(13-9-18-19-10-13)11-16-6-3-7-24-16;1-22-14-4-6-15(7-5-14)23-12-17(21)20(13-9-18-19-10-13)11-16-3-2-8-24-16;1-13-4-6-15(7-5-13)22-12-17(21)20(14-9-18-19-10-14)11-16-3-2-8-23-16;1-13-4-6-14(7-5-13)21-12-17(20)19(16-8-9-22-18-16)11-15-3-2-10-23-15/h2-8H,9-11H2,1H3,(H,19,20);1-8H,9-11H2,(H,18,19);2*2-10H,11-12H2,1H3,(H,18,19);2-10H,11-12H2,1H3,(H,18,19);2-10H,11-12H2,1H3. The molecule has 145 heavy (non-hydrogen) atoms. The highest BCUT2D eigenvalue weighted by Crippen LogP contribution is 2.38. The summed E-state index contributed by atoms with van der Waals surface area (Å²) in [4.78, 5) is 92.2. The van der Waals surface area contributed by atoms with Crippen LogP contribution in [-0.2, 0) is 68.0 Å². The van der Waals surface area contributed by atoms with Gasteiger partial charge in [0.05, 0.1) is 119 Å². The smallest absolute Gasteiger partial charge is 0.266 e. The van der Waals surface area contributed by atoms with Gasteiger partial charge in [-0.1, -0.05) is 83.0 Å². The molecule has 14 heterocycles. The first-order valence-electron chi connectivity index (χ1n) is 44.8. The van der Waals surface area contributed by atoms with E-state index in [0.29, 0.717) is 125 Å². The molecule has 0 atom stereocenters. The van der Waals surface area contributed by atoms with E-state index < -0.39 is 0 Å². The van der Waals surface area contributed by atoms with Crippen LogP contribution in [0.3, 0.4) is 0 Å². The molecule has 5 N–H and O–H groups in total. The number of thiophene rings is 6. The second kappa shape index (κ2) is 53.2. The third kappa shape index (κ3) is 30.9. The van der Waals surface area contributed by atoms with Gasteiger partial charge in [0.15, 0.2) is 68.5 Å². The molecule has 0 bridgehead atoms. The minimum atomic E-state index is -0.173. The zero-order chi connectivity index (χ0) is 101. The Morgan fingerprint density at radius 3 is 0.931 bits per heavy atom. The summed E-state index contributed by atoms with van der Waals surface area (Å²) in [7, 11) is 3.19. The fourth-order valence-corrected chi connectivity index (χ4v) is 17.8. The van der Waals surface area contributed by atoms with Crippen LogP contribution in [0.25, 0.3) is 0 Å². The minimum Gasteiger partial charge on any atom is -0.497 e. The van der Waals surface area contributed by atoms with E-state index >= 15 is 0 Å². The number of aromatic amines is 5. The normalized spacial score (nSPS) is 11.0. The first-order valence-corrected chi connectivity index (χ1v) is 50.0. The molecule has 0 unspecified atom stereocenters. The molecule has 0 aliphatic carbocycles. The predicted octanol–water partition coefficient (Wildman–Crippen LogP) is 19.2. The average Bonchev–Trinajstić information content (AvgIpc) is 1.71. The van der Waals surface area contributed by atoms with Gasteiger partial charge < -0.3 is 85.9 Å². The van der Waals surface area contributed by atoms with Crippen molar-refractivity contribution in [3.8, 4) is 69.0 Å². The molecule has 20 rings (SSSR count). The Morgan fingerprint density at radius 2 is 0.614 bits per heavy atom. The van der Waals surface area contributed by atoms with Crippen LogP contribution in [0.4, 0.5) is 34.3 Å². The number of hydrogen-bond donors (Lipinski definition) is 5. The maximum absolute atomic E-state index is 12.8. The molecule has 42 heteroatoms. The lowest BCUT2D eigenvalue weighted by Crippen LogP contribution is -2.34. The van der Waals surface area contributed by atoms with Crippen molar-refractivity contribution in [1.29, 1.82) is 0 Å². The Balaban J connectivity index is 0.000000131. The van der Waals surface area contributed by atoms with Gasteiger partial charge in [-0.15, -0.1) is 68.0 Å². The molecule has 18 aromatic rings. The number of rotatable bonds is 38. The molecule has 12 aromatic heterocycles. The first-order chi connectivity index (χ1) is 71.0. The van der Waals surface area contributed by atoms with Crippen LogP contribution in [0, 0.1) is 20.8 Å². The molecule has 6 amide bonds. The third-order valence-electron chi connectivity index (χ3n) is 21.2. The predicted molar refractivity (Wildman–Crippen MR) is 554 cm³/mol. The topological polar surface area (TPSA) is 402 Å². The van der Waals surface area contributed by atoms with Crippen molar-refractivity contribution in [1.82, 2.24) is 56.1 Å². The number of fused-ring (bicyclic) bond motifs is 2. The number of nitrogens with zero attached hydrogens (tertiary/aromatic N) is 12. The number of anilines is 6. The van der Waals surface area contributed by atoms with Crippen molar-refractivity contribution < 1.29 is 90.1 Å². The highest BCUT2D eigenvalue weighted by Gasteiger charge is 2.28. The molecule has 2 aliphatic rings. The molecular formula is C103H99N17O19S6. The summed E-state index contributed by atoms with van der Waals surface area (Å²) in [6, 6.07) is 65.4. The van der Waals surface area contributed by atoms with Crippen LogP contribution in [0.2, 0.25) is 0 Å². The number of amides is 6. The van der Waals surface area contributed by atoms with E-state index in [1.807, 2.05) is 187 Å². The summed E-state index contributed by atoms with van der Waals surface area (Å²) >= 11 is 9.62. The van der Waals surface area contributed by atoms with E-state index in [4.69, 9.17) is 61.4 Å². The summed E-state index contributed by atoms with van der Waals surface area (Å²) in [5.41, 5.74) is 6.74. The Hall–Kier alpha value is -16.8. The average molecular weight is 2070 g/mol. The number of aromatic nitrogens is 11. The van der Waals surface area contributed by atoms with E-state index in [1.165, 1.54) is 6.26 Å². The first kappa shape index (κ1) is 103. The van der Waals surface area contributed by atoms with Crippen LogP contribution < -0.4 is 86.2 Å². The number of carbonyl (C=O) groups is 6. The molecule has 6 aromatic carbocycles. The molecule has 0 saturated heterocycles. The molecule has 0 saturated carbocycles. The summed E-state index contributed by atoms with van der Waals surface area (Å²) in [6.45, 7) is 8.81. The van der Waals surface area contributed by atoms with Gasteiger partial charge in [-0.05, 0) is 174 Å². The number of hydrogen-bond acceptors (Lipinski definition) is 31. The molecule has 0 radical (unpaired) electrons. The van der Waals surface area contributed by atoms with E-state index in [9.17, 15) is 28.8 Å². The fraction of sp³-hybridized carbons (Fsp3) is 0.184. The monoisotopic (exact) mass is 2070 g/mol. The van der Waals surface area contributed by atoms with Crippen molar-refractivity contribution >= 4 is 138 Å². The maximum atomic E-state index is 12.8. The van der Waals surface area contributed by atoms with E-state index in [0.717, 1.165) is 63.2 Å². The Bertz CT molecular complexity index is 6760. The van der Waals surface area contributed by atoms with Crippen molar-refractivity contribution in [2.45, 2.75) is 60.0 Å². The summed E-state index contributed by atoms with van der Waals surface area (Å²) in [6.07, 6.45) is 16.4. The van der Waals surface area contributed by atoms with Crippen LogP contribution >= 0.6 is 68.0 Å². The molecule has 2 aliphatic heterocycles. The second-order valence-electron chi connectivity index (χ2n) is 31.2. The van der Waals surface area contributed by atoms with Gasteiger partial charge in [0.1, 0.15) is 52.3 Å². The molecule has 746 valence electrons. The fourth-order valence-electron chi connectivity index (χ4n) is 13.7. The zero-order valence-electron chi connectivity index (χ0n) is 78.9. The van der Waals surface area contributed by atoms with E-state index in [1.54, 1.807) is 246 Å². The summed E-state index contributed by atoms with van der Waals surface area (Å²) in [5, 5.41) is 49.3. The van der Waals surface area contributed by atoms with Gasteiger partial charge in [0.25, 0.3) is 35.4 Å². The van der Waals surface area contributed by atoms with Gasteiger partial charge in [-0.25, -0.2) is 0 Å². The van der Waals surface area contributed by atoms with Crippen molar-refractivity contribution in [2.75, 3.05) is 96.8 Å². The van der Waals surface area contributed by atoms with Gasteiger partial charge in [0, 0.05) is 78.3 Å².